The Hall–Kier alpha value is -3.93. The third kappa shape index (κ3) is 3.92. The van der Waals surface area contributed by atoms with Crippen LogP contribution in [-0.2, 0) is 16.1 Å². The number of amides is 2. The lowest BCUT2D eigenvalue weighted by Gasteiger charge is -2.15. The maximum atomic E-state index is 13.5. The monoisotopic (exact) mass is 413 g/mol. The molecule has 0 saturated heterocycles. The number of nitrogens with zero attached hydrogens (tertiary/aromatic N) is 2. The highest BCUT2D eigenvalue weighted by atomic mass is 16.5. The number of imide groups is 1. The Balaban J connectivity index is 1.80. The summed E-state index contributed by atoms with van der Waals surface area (Å²) in [5.41, 5.74) is 4.77. The van der Waals surface area contributed by atoms with Gasteiger partial charge in [-0.3, -0.25) is 19.5 Å². The summed E-state index contributed by atoms with van der Waals surface area (Å²) in [4.78, 5) is 32.2. The fourth-order valence-corrected chi connectivity index (χ4v) is 3.70. The Labute approximate surface area is 181 Å². The van der Waals surface area contributed by atoms with Crippen LogP contribution in [0, 0.1) is 13.8 Å². The van der Waals surface area contributed by atoms with Gasteiger partial charge in [-0.05, 0) is 43.2 Å². The minimum Gasteiger partial charge on any atom is -0.496 e. The van der Waals surface area contributed by atoms with E-state index < -0.39 is 0 Å². The number of rotatable bonds is 6. The van der Waals surface area contributed by atoms with Gasteiger partial charge in [0.15, 0.2) is 0 Å². The molecule has 2 aromatic carbocycles. The smallest absolute Gasteiger partial charge is 0.278 e. The SMILES string of the molecule is COc1ccccc1C1=C(Nc2ccc(C)cc2C)C(=O)N(Cc2cccnc2)C1=O. The summed E-state index contributed by atoms with van der Waals surface area (Å²) in [6.45, 7) is 4.12. The molecule has 31 heavy (non-hydrogen) atoms. The largest absolute Gasteiger partial charge is 0.496 e. The average molecular weight is 413 g/mol. The van der Waals surface area contributed by atoms with Gasteiger partial charge in [-0.1, -0.05) is 42.0 Å². The quantitative estimate of drug-likeness (QED) is 0.616. The molecule has 0 saturated carbocycles. The Bertz CT molecular complexity index is 1190. The number of benzene rings is 2. The molecule has 0 bridgehead atoms. The van der Waals surface area contributed by atoms with Crippen molar-refractivity contribution in [2.45, 2.75) is 20.4 Å². The van der Waals surface area contributed by atoms with Crippen molar-refractivity contribution in [3.05, 3.63) is 94.9 Å². The number of nitrogens with one attached hydrogen (secondary N) is 1. The number of ether oxygens (including phenoxy) is 1. The van der Waals surface area contributed by atoms with Gasteiger partial charge in [0.2, 0.25) is 0 Å². The van der Waals surface area contributed by atoms with E-state index in [2.05, 4.69) is 10.3 Å². The van der Waals surface area contributed by atoms with Crippen LogP contribution in [-0.4, -0.2) is 28.8 Å². The number of para-hydroxylation sites is 1. The van der Waals surface area contributed by atoms with E-state index in [1.54, 1.807) is 37.7 Å². The zero-order chi connectivity index (χ0) is 22.0. The second-order valence-electron chi connectivity index (χ2n) is 7.45. The van der Waals surface area contributed by atoms with Crippen molar-refractivity contribution >= 4 is 23.1 Å². The van der Waals surface area contributed by atoms with Gasteiger partial charge in [0.1, 0.15) is 11.4 Å². The van der Waals surface area contributed by atoms with Crippen LogP contribution in [0.2, 0.25) is 0 Å². The number of carbonyl (C=O) groups is 2. The van der Waals surface area contributed by atoms with E-state index in [9.17, 15) is 9.59 Å². The standard InChI is InChI=1S/C25H23N3O3/c1-16-10-11-20(17(2)13-16)27-23-22(19-8-4-5-9-21(19)31-3)24(29)28(25(23)30)15-18-7-6-12-26-14-18/h4-14,27H,15H2,1-3H3. The van der Waals surface area contributed by atoms with E-state index in [0.717, 1.165) is 22.4 Å². The van der Waals surface area contributed by atoms with E-state index in [4.69, 9.17) is 4.74 Å². The third-order valence-corrected chi connectivity index (χ3v) is 5.25. The molecule has 0 aliphatic carbocycles. The highest BCUT2D eigenvalue weighted by Gasteiger charge is 2.40. The molecule has 6 heteroatoms. The molecule has 2 amide bonds. The van der Waals surface area contributed by atoms with Crippen molar-refractivity contribution in [3.8, 4) is 5.75 Å². The molecule has 1 N–H and O–H groups in total. The molecule has 0 atom stereocenters. The van der Waals surface area contributed by atoms with Crippen molar-refractivity contribution < 1.29 is 14.3 Å². The number of aryl methyl sites for hydroxylation is 2. The molecule has 1 aliphatic rings. The molecular weight excluding hydrogens is 390 g/mol. The van der Waals surface area contributed by atoms with Crippen molar-refractivity contribution in [3.63, 3.8) is 0 Å². The number of methoxy groups -OCH3 is 1. The van der Waals surface area contributed by atoms with Crippen molar-refractivity contribution in [1.29, 1.82) is 0 Å². The summed E-state index contributed by atoms with van der Waals surface area (Å²) < 4.78 is 5.48. The lowest BCUT2D eigenvalue weighted by Crippen LogP contribution is -2.32. The number of carbonyl (C=O) groups excluding carboxylic acids is 2. The maximum Gasteiger partial charge on any atom is 0.278 e. The summed E-state index contributed by atoms with van der Waals surface area (Å²) in [6, 6.07) is 16.7. The molecule has 4 rings (SSSR count). The molecule has 0 spiro atoms. The van der Waals surface area contributed by atoms with Crippen LogP contribution in [0.5, 0.6) is 5.75 Å². The van der Waals surface area contributed by atoms with Crippen LogP contribution < -0.4 is 10.1 Å². The zero-order valence-corrected chi connectivity index (χ0v) is 17.7. The first-order valence-electron chi connectivity index (χ1n) is 9.96. The third-order valence-electron chi connectivity index (χ3n) is 5.25. The van der Waals surface area contributed by atoms with Gasteiger partial charge >= 0.3 is 0 Å². The first-order chi connectivity index (χ1) is 15.0. The summed E-state index contributed by atoms with van der Waals surface area (Å²) in [6.07, 6.45) is 3.31. The number of hydrogen-bond donors (Lipinski definition) is 1. The first kappa shape index (κ1) is 20.3. The summed E-state index contributed by atoms with van der Waals surface area (Å²) in [5.74, 6) is -0.220. The normalized spacial score (nSPS) is 13.7. The van der Waals surface area contributed by atoms with Crippen LogP contribution in [0.4, 0.5) is 5.69 Å². The average Bonchev–Trinajstić information content (AvgIpc) is 3.00. The van der Waals surface area contributed by atoms with E-state index in [1.807, 2.05) is 50.2 Å². The highest BCUT2D eigenvalue weighted by molar-refractivity contribution is 6.37. The predicted octanol–water partition coefficient (Wildman–Crippen LogP) is 4.10. The van der Waals surface area contributed by atoms with Crippen molar-refractivity contribution in [2.24, 2.45) is 0 Å². The topological polar surface area (TPSA) is 71.5 Å². The number of aromatic nitrogens is 1. The van der Waals surface area contributed by atoms with Gasteiger partial charge in [0, 0.05) is 23.6 Å². The molecule has 156 valence electrons. The fourth-order valence-electron chi connectivity index (χ4n) is 3.70. The molecule has 0 fully saturated rings. The summed E-state index contributed by atoms with van der Waals surface area (Å²) >= 11 is 0. The van der Waals surface area contributed by atoms with Gasteiger partial charge in [0.05, 0.1) is 19.2 Å². The molecule has 2 heterocycles. The van der Waals surface area contributed by atoms with Gasteiger partial charge in [0.25, 0.3) is 11.8 Å². The molecule has 0 radical (unpaired) electrons. The molecule has 6 nitrogen and oxygen atoms in total. The summed E-state index contributed by atoms with van der Waals surface area (Å²) in [5, 5.41) is 3.23. The van der Waals surface area contributed by atoms with Crippen LogP contribution in [0.1, 0.15) is 22.3 Å². The van der Waals surface area contributed by atoms with Crippen LogP contribution in [0.3, 0.4) is 0 Å². The second kappa shape index (κ2) is 8.44. The molecule has 1 aromatic heterocycles. The minimum atomic E-state index is -0.380. The Morgan fingerprint density at radius 1 is 1.00 bits per heavy atom. The van der Waals surface area contributed by atoms with Crippen molar-refractivity contribution in [2.75, 3.05) is 12.4 Å². The van der Waals surface area contributed by atoms with Gasteiger partial charge in [-0.15, -0.1) is 0 Å². The molecule has 3 aromatic rings. The minimum absolute atomic E-state index is 0.141. The Morgan fingerprint density at radius 3 is 2.52 bits per heavy atom. The lowest BCUT2D eigenvalue weighted by molar-refractivity contribution is -0.137. The van der Waals surface area contributed by atoms with Crippen LogP contribution >= 0.6 is 0 Å². The zero-order valence-electron chi connectivity index (χ0n) is 17.7. The van der Waals surface area contributed by atoms with E-state index in [1.165, 1.54) is 4.90 Å². The highest BCUT2D eigenvalue weighted by Crippen LogP contribution is 2.36. The number of anilines is 1. The molecular formula is C25H23N3O3. The van der Waals surface area contributed by atoms with Gasteiger partial charge in [-0.25, -0.2) is 0 Å². The van der Waals surface area contributed by atoms with E-state index >= 15 is 0 Å². The van der Waals surface area contributed by atoms with Crippen molar-refractivity contribution in [1.82, 2.24) is 9.88 Å². The number of hydrogen-bond acceptors (Lipinski definition) is 5. The van der Waals surface area contributed by atoms with Crippen LogP contribution in [0.25, 0.3) is 5.57 Å². The Kier molecular flexibility index (Phi) is 5.54. The molecule has 1 aliphatic heterocycles. The van der Waals surface area contributed by atoms with E-state index in [-0.39, 0.29) is 24.1 Å². The van der Waals surface area contributed by atoms with E-state index in [0.29, 0.717) is 16.9 Å². The fraction of sp³-hybridized carbons (Fsp3) is 0.160. The summed E-state index contributed by atoms with van der Waals surface area (Å²) in [7, 11) is 1.55. The predicted molar refractivity (Wildman–Crippen MR) is 119 cm³/mol. The molecule has 0 unspecified atom stereocenters. The second-order valence-corrected chi connectivity index (χ2v) is 7.45. The first-order valence-corrected chi connectivity index (χ1v) is 9.96. The Morgan fingerprint density at radius 2 is 1.81 bits per heavy atom. The lowest BCUT2D eigenvalue weighted by atomic mass is 10.0. The maximum absolute atomic E-state index is 13.5. The van der Waals surface area contributed by atoms with Crippen LogP contribution in [0.15, 0.2) is 72.7 Å². The number of pyridine rings is 1. The van der Waals surface area contributed by atoms with Gasteiger partial charge in [-0.2, -0.15) is 0 Å². The van der Waals surface area contributed by atoms with Gasteiger partial charge < -0.3 is 10.1 Å².